The quantitative estimate of drug-likeness (QED) is 0.273. The van der Waals surface area contributed by atoms with E-state index in [9.17, 15) is 13.2 Å². The van der Waals surface area contributed by atoms with Crippen LogP contribution in [0.1, 0.15) is 11.1 Å². The van der Waals surface area contributed by atoms with Crippen LogP contribution in [-0.2, 0) is 12.6 Å². The SMILES string of the molecule is NC(CNc1nc(-c2ccnc(Cl)c2)c(-c2cccc(C(F)(F)F)c2)c2nncn12)Cc1ccccc1. The van der Waals surface area contributed by atoms with Crippen LogP contribution in [0.25, 0.3) is 28.0 Å². The van der Waals surface area contributed by atoms with Crippen LogP contribution in [0, 0.1) is 0 Å². The van der Waals surface area contributed by atoms with Crippen molar-refractivity contribution < 1.29 is 13.2 Å². The summed E-state index contributed by atoms with van der Waals surface area (Å²) in [6.45, 7) is 0.384. The zero-order valence-electron chi connectivity index (χ0n) is 19.3. The Morgan fingerprint density at radius 2 is 1.81 bits per heavy atom. The molecule has 0 aliphatic carbocycles. The van der Waals surface area contributed by atoms with Gasteiger partial charge in [0.2, 0.25) is 5.95 Å². The second-order valence-electron chi connectivity index (χ2n) is 8.46. The van der Waals surface area contributed by atoms with E-state index >= 15 is 0 Å². The maximum atomic E-state index is 13.5. The molecule has 1 atom stereocenters. The summed E-state index contributed by atoms with van der Waals surface area (Å²) in [6.07, 6.45) is -0.905. The zero-order valence-corrected chi connectivity index (χ0v) is 20.1. The first-order valence-corrected chi connectivity index (χ1v) is 11.7. The molecule has 3 N–H and O–H groups in total. The molecule has 7 nitrogen and oxygen atoms in total. The van der Waals surface area contributed by atoms with Crippen LogP contribution < -0.4 is 11.1 Å². The molecule has 5 rings (SSSR count). The van der Waals surface area contributed by atoms with Crippen LogP contribution in [0.2, 0.25) is 5.15 Å². The summed E-state index contributed by atoms with van der Waals surface area (Å²) in [5, 5.41) is 11.7. The van der Waals surface area contributed by atoms with Crippen molar-refractivity contribution in [2.75, 3.05) is 11.9 Å². The molecule has 0 radical (unpaired) electrons. The molecule has 11 heteroatoms. The number of pyridine rings is 1. The van der Waals surface area contributed by atoms with Gasteiger partial charge in [0.05, 0.1) is 16.8 Å². The molecule has 0 amide bonds. The average molecular weight is 524 g/mol. The average Bonchev–Trinajstić information content (AvgIpc) is 3.37. The summed E-state index contributed by atoms with van der Waals surface area (Å²) in [5.41, 5.74) is 8.62. The fourth-order valence-electron chi connectivity index (χ4n) is 4.09. The van der Waals surface area contributed by atoms with E-state index in [2.05, 4.69) is 20.5 Å². The number of hydrogen-bond acceptors (Lipinski definition) is 6. The van der Waals surface area contributed by atoms with Crippen molar-refractivity contribution in [3.05, 3.63) is 95.5 Å². The van der Waals surface area contributed by atoms with Gasteiger partial charge in [-0.25, -0.2) is 9.97 Å². The van der Waals surface area contributed by atoms with Gasteiger partial charge in [0.1, 0.15) is 11.5 Å². The minimum absolute atomic E-state index is 0.218. The van der Waals surface area contributed by atoms with Gasteiger partial charge in [-0.3, -0.25) is 4.40 Å². The van der Waals surface area contributed by atoms with Crippen LogP contribution in [0.4, 0.5) is 19.1 Å². The van der Waals surface area contributed by atoms with E-state index < -0.39 is 11.7 Å². The summed E-state index contributed by atoms with van der Waals surface area (Å²) in [4.78, 5) is 8.79. The van der Waals surface area contributed by atoms with Gasteiger partial charge >= 0.3 is 6.18 Å². The number of fused-ring (bicyclic) bond motifs is 1. The van der Waals surface area contributed by atoms with Gasteiger partial charge < -0.3 is 11.1 Å². The summed E-state index contributed by atoms with van der Waals surface area (Å²) in [7, 11) is 0. The Labute approximate surface area is 215 Å². The number of nitrogens with zero attached hydrogens (tertiary/aromatic N) is 5. The third-order valence-corrected chi connectivity index (χ3v) is 6.00. The highest BCUT2D eigenvalue weighted by Gasteiger charge is 2.31. The molecule has 37 heavy (non-hydrogen) atoms. The molecule has 0 fully saturated rings. The maximum absolute atomic E-state index is 13.5. The van der Waals surface area contributed by atoms with Crippen molar-refractivity contribution in [1.29, 1.82) is 0 Å². The predicted molar refractivity (Wildman–Crippen MR) is 136 cm³/mol. The first-order chi connectivity index (χ1) is 17.8. The van der Waals surface area contributed by atoms with Crippen molar-refractivity contribution in [2.24, 2.45) is 5.73 Å². The van der Waals surface area contributed by atoms with Crippen molar-refractivity contribution in [2.45, 2.75) is 18.6 Å². The van der Waals surface area contributed by atoms with E-state index in [0.29, 0.717) is 41.4 Å². The lowest BCUT2D eigenvalue weighted by atomic mass is 9.99. The van der Waals surface area contributed by atoms with Crippen LogP contribution >= 0.6 is 11.6 Å². The highest BCUT2D eigenvalue weighted by molar-refractivity contribution is 6.29. The van der Waals surface area contributed by atoms with Crippen molar-refractivity contribution >= 4 is 23.2 Å². The first-order valence-electron chi connectivity index (χ1n) is 11.4. The van der Waals surface area contributed by atoms with Crippen LogP contribution in [0.5, 0.6) is 0 Å². The number of rotatable bonds is 7. The number of halogens is 4. The monoisotopic (exact) mass is 523 g/mol. The maximum Gasteiger partial charge on any atom is 0.416 e. The Morgan fingerprint density at radius 3 is 2.57 bits per heavy atom. The number of benzene rings is 2. The Kier molecular flexibility index (Phi) is 6.77. The van der Waals surface area contributed by atoms with Gasteiger partial charge in [-0.05, 0) is 41.8 Å². The van der Waals surface area contributed by atoms with Crippen molar-refractivity contribution in [1.82, 2.24) is 24.6 Å². The molecule has 188 valence electrons. The van der Waals surface area contributed by atoms with Gasteiger partial charge in [-0.2, -0.15) is 13.2 Å². The molecule has 3 aromatic heterocycles. The smallest absolute Gasteiger partial charge is 0.354 e. The van der Waals surface area contributed by atoms with Gasteiger partial charge in [0, 0.05) is 24.3 Å². The molecule has 1 unspecified atom stereocenters. The number of nitrogens with one attached hydrogen (secondary N) is 1. The molecule has 0 spiro atoms. The lowest BCUT2D eigenvalue weighted by molar-refractivity contribution is -0.137. The number of hydrogen-bond donors (Lipinski definition) is 2. The summed E-state index contributed by atoms with van der Waals surface area (Å²) in [5.74, 6) is 0.391. The standard InChI is InChI=1S/C26H21ClF3N7/c27-21-13-18(9-10-32-21)23-22(17-7-4-8-19(12-17)26(28,29)30)24-36-34-15-37(24)25(35-23)33-14-20(31)11-16-5-2-1-3-6-16/h1-10,12-13,15,20H,11,14,31H2,(H,33,35). The van der Waals surface area contributed by atoms with E-state index in [4.69, 9.17) is 22.3 Å². The van der Waals surface area contributed by atoms with E-state index in [1.54, 1.807) is 22.6 Å². The highest BCUT2D eigenvalue weighted by atomic mass is 35.5. The minimum atomic E-state index is -4.51. The topological polar surface area (TPSA) is 94.0 Å². The molecule has 5 aromatic rings. The normalized spacial score (nSPS) is 12.6. The fourth-order valence-corrected chi connectivity index (χ4v) is 4.27. The molecule has 0 bridgehead atoms. The van der Waals surface area contributed by atoms with Crippen LogP contribution in [0.15, 0.2) is 79.3 Å². The first kappa shape index (κ1) is 24.7. The van der Waals surface area contributed by atoms with E-state index in [1.165, 1.54) is 18.6 Å². The molecule has 0 saturated carbocycles. The number of alkyl halides is 3. The van der Waals surface area contributed by atoms with Gasteiger partial charge in [-0.15, -0.1) is 10.2 Å². The molecule has 0 aliphatic heterocycles. The summed E-state index contributed by atoms with van der Waals surface area (Å²) < 4.78 is 42.1. The Balaban J connectivity index is 1.60. The largest absolute Gasteiger partial charge is 0.416 e. The highest BCUT2D eigenvalue weighted by Crippen LogP contribution is 2.38. The Bertz CT molecular complexity index is 1540. The third kappa shape index (κ3) is 5.40. The number of aromatic nitrogens is 5. The lowest BCUT2D eigenvalue weighted by Crippen LogP contribution is -2.32. The Morgan fingerprint density at radius 1 is 1.00 bits per heavy atom. The minimum Gasteiger partial charge on any atom is -0.354 e. The van der Waals surface area contributed by atoms with E-state index in [-0.39, 0.29) is 16.8 Å². The van der Waals surface area contributed by atoms with Gasteiger partial charge in [0.15, 0.2) is 5.65 Å². The van der Waals surface area contributed by atoms with Crippen LogP contribution in [-0.4, -0.2) is 37.2 Å². The lowest BCUT2D eigenvalue weighted by Gasteiger charge is -2.18. The molecule has 0 saturated heterocycles. The molecule has 3 heterocycles. The fraction of sp³-hybridized carbons (Fsp3) is 0.154. The van der Waals surface area contributed by atoms with Crippen molar-refractivity contribution in [3.8, 4) is 22.4 Å². The molecule has 0 aliphatic rings. The third-order valence-electron chi connectivity index (χ3n) is 5.80. The molecular weight excluding hydrogens is 503 g/mol. The summed E-state index contributed by atoms with van der Waals surface area (Å²) in [6, 6.07) is 17.9. The van der Waals surface area contributed by atoms with E-state index in [1.807, 2.05) is 30.3 Å². The zero-order chi connectivity index (χ0) is 26.0. The van der Waals surface area contributed by atoms with Gasteiger partial charge in [0.25, 0.3) is 0 Å². The second-order valence-corrected chi connectivity index (χ2v) is 8.85. The molecule has 2 aromatic carbocycles. The van der Waals surface area contributed by atoms with Crippen LogP contribution in [0.3, 0.4) is 0 Å². The number of nitrogens with two attached hydrogens (primary N) is 1. The van der Waals surface area contributed by atoms with Crippen molar-refractivity contribution in [3.63, 3.8) is 0 Å². The summed E-state index contributed by atoms with van der Waals surface area (Å²) >= 11 is 6.14. The molecular formula is C26H21ClF3N7. The predicted octanol–water partition coefficient (Wildman–Crippen LogP) is 5.51. The second kappa shape index (κ2) is 10.2. The van der Waals surface area contributed by atoms with Gasteiger partial charge in [-0.1, -0.05) is 54.1 Å². The Hall–Kier alpha value is -4.02. The number of anilines is 1. The van der Waals surface area contributed by atoms with E-state index in [0.717, 1.165) is 17.7 Å².